The average Bonchev–Trinajstić information content (AvgIpc) is 3.00. The maximum atomic E-state index is 12.3. The molecule has 0 aliphatic carbocycles. The molecule has 1 atom stereocenters. The third-order valence-corrected chi connectivity index (χ3v) is 3.84. The summed E-state index contributed by atoms with van der Waals surface area (Å²) in [6.07, 6.45) is 4.12. The summed E-state index contributed by atoms with van der Waals surface area (Å²) in [5.41, 5.74) is 1.89. The molecule has 6 nitrogen and oxygen atoms in total. The summed E-state index contributed by atoms with van der Waals surface area (Å²) < 4.78 is 4.99. The van der Waals surface area contributed by atoms with Gasteiger partial charge in [-0.1, -0.05) is 0 Å². The largest absolute Gasteiger partial charge is 0.384 e. The number of hydrogen-bond donors (Lipinski definition) is 1. The van der Waals surface area contributed by atoms with Crippen LogP contribution in [0, 0.1) is 0 Å². The van der Waals surface area contributed by atoms with Gasteiger partial charge in [-0.25, -0.2) is 0 Å². The number of ether oxygens (including phenoxy) is 1. The number of amides is 2. The number of methoxy groups -OCH3 is 1. The van der Waals surface area contributed by atoms with E-state index >= 15 is 0 Å². The van der Waals surface area contributed by atoms with Gasteiger partial charge in [-0.15, -0.1) is 0 Å². The summed E-state index contributed by atoms with van der Waals surface area (Å²) in [4.78, 5) is 29.4. The number of pyridine rings is 1. The van der Waals surface area contributed by atoms with Gasteiger partial charge in [0.1, 0.15) is 0 Å². The standard InChI is InChI=1S/C16H23N3O3/c1-12(20)18-11-14-10-13(5-7-17-14)15-4-3-8-19(15)16(21)6-9-22-2/h5,7,10,15H,3-4,6,8-9,11H2,1-2H3,(H,18,20)/t15-/m1/s1. The highest BCUT2D eigenvalue weighted by Crippen LogP contribution is 2.32. The van der Waals surface area contributed by atoms with Crippen LogP contribution in [0.25, 0.3) is 0 Å². The van der Waals surface area contributed by atoms with Crippen molar-refractivity contribution in [3.05, 3.63) is 29.6 Å². The lowest BCUT2D eigenvalue weighted by Crippen LogP contribution is -2.31. The Labute approximate surface area is 130 Å². The first-order valence-corrected chi connectivity index (χ1v) is 7.59. The molecule has 0 bridgehead atoms. The van der Waals surface area contributed by atoms with E-state index in [0.29, 0.717) is 19.6 Å². The fraction of sp³-hybridized carbons (Fsp3) is 0.562. The number of rotatable bonds is 6. The van der Waals surface area contributed by atoms with Crippen LogP contribution in [0.5, 0.6) is 0 Å². The molecule has 22 heavy (non-hydrogen) atoms. The number of nitrogens with one attached hydrogen (secondary N) is 1. The van der Waals surface area contributed by atoms with Gasteiger partial charge in [0.15, 0.2) is 0 Å². The van der Waals surface area contributed by atoms with Gasteiger partial charge < -0.3 is 15.0 Å². The van der Waals surface area contributed by atoms with Crippen molar-refractivity contribution in [1.82, 2.24) is 15.2 Å². The Bertz CT molecular complexity index is 533. The second kappa shape index (κ2) is 7.89. The van der Waals surface area contributed by atoms with E-state index in [-0.39, 0.29) is 17.9 Å². The topological polar surface area (TPSA) is 71.5 Å². The monoisotopic (exact) mass is 305 g/mol. The van der Waals surface area contributed by atoms with Crippen molar-refractivity contribution in [3.8, 4) is 0 Å². The zero-order valence-corrected chi connectivity index (χ0v) is 13.2. The molecule has 0 aromatic carbocycles. The normalized spacial score (nSPS) is 17.5. The van der Waals surface area contributed by atoms with Crippen molar-refractivity contribution < 1.29 is 14.3 Å². The van der Waals surface area contributed by atoms with E-state index in [0.717, 1.165) is 30.6 Å². The van der Waals surface area contributed by atoms with E-state index in [1.165, 1.54) is 6.92 Å². The Balaban J connectivity index is 2.07. The Kier molecular flexibility index (Phi) is 5.89. The van der Waals surface area contributed by atoms with Crippen molar-refractivity contribution in [2.75, 3.05) is 20.3 Å². The Morgan fingerprint density at radius 1 is 1.50 bits per heavy atom. The molecular weight excluding hydrogens is 282 g/mol. The Morgan fingerprint density at radius 2 is 2.32 bits per heavy atom. The van der Waals surface area contributed by atoms with Crippen LogP contribution in [0.1, 0.15) is 43.5 Å². The smallest absolute Gasteiger partial charge is 0.225 e. The Morgan fingerprint density at radius 3 is 3.05 bits per heavy atom. The number of hydrogen-bond acceptors (Lipinski definition) is 4. The molecule has 0 radical (unpaired) electrons. The average molecular weight is 305 g/mol. The summed E-state index contributed by atoms with van der Waals surface area (Å²) >= 11 is 0. The lowest BCUT2D eigenvalue weighted by Gasteiger charge is -2.25. The van der Waals surface area contributed by atoms with Crippen molar-refractivity contribution >= 4 is 11.8 Å². The maximum absolute atomic E-state index is 12.3. The zero-order chi connectivity index (χ0) is 15.9. The molecule has 1 aromatic rings. The first kappa shape index (κ1) is 16.4. The first-order valence-electron chi connectivity index (χ1n) is 7.59. The molecular formula is C16H23N3O3. The fourth-order valence-electron chi connectivity index (χ4n) is 2.76. The molecule has 0 saturated carbocycles. The summed E-state index contributed by atoms with van der Waals surface area (Å²) in [5.74, 6) is 0.0500. The number of nitrogens with zero attached hydrogens (tertiary/aromatic N) is 2. The lowest BCUT2D eigenvalue weighted by atomic mass is 10.0. The van der Waals surface area contributed by atoms with E-state index in [2.05, 4.69) is 10.3 Å². The van der Waals surface area contributed by atoms with Crippen molar-refractivity contribution in [2.45, 2.75) is 38.8 Å². The highest BCUT2D eigenvalue weighted by molar-refractivity contribution is 5.77. The second-order valence-electron chi connectivity index (χ2n) is 5.48. The SMILES string of the molecule is COCCC(=O)N1CCC[C@@H]1c1ccnc(CNC(C)=O)c1. The maximum Gasteiger partial charge on any atom is 0.225 e. The van der Waals surface area contributed by atoms with Gasteiger partial charge in [0, 0.05) is 26.8 Å². The molecule has 2 heterocycles. The third kappa shape index (κ3) is 4.27. The summed E-state index contributed by atoms with van der Waals surface area (Å²) in [7, 11) is 1.60. The van der Waals surface area contributed by atoms with E-state index in [4.69, 9.17) is 4.74 Å². The van der Waals surface area contributed by atoms with Crippen LogP contribution < -0.4 is 5.32 Å². The van der Waals surface area contributed by atoms with Crippen molar-refractivity contribution in [1.29, 1.82) is 0 Å². The predicted molar refractivity (Wildman–Crippen MR) is 81.9 cm³/mol. The minimum Gasteiger partial charge on any atom is -0.384 e. The van der Waals surface area contributed by atoms with Crippen LogP contribution in [0.4, 0.5) is 0 Å². The van der Waals surface area contributed by atoms with E-state index < -0.39 is 0 Å². The van der Waals surface area contributed by atoms with Gasteiger partial charge in [-0.2, -0.15) is 0 Å². The summed E-state index contributed by atoms with van der Waals surface area (Å²) in [5, 5.41) is 2.74. The number of carbonyl (C=O) groups excluding carboxylic acids is 2. The molecule has 0 unspecified atom stereocenters. The van der Waals surface area contributed by atoms with Crippen LogP contribution >= 0.6 is 0 Å². The molecule has 2 amide bonds. The fourth-order valence-corrected chi connectivity index (χ4v) is 2.76. The Hall–Kier alpha value is -1.95. The first-order chi connectivity index (χ1) is 10.6. The molecule has 1 fully saturated rings. The van der Waals surface area contributed by atoms with E-state index in [1.54, 1.807) is 13.3 Å². The van der Waals surface area contributed by atoms with Crippen LogP contribution in [-0.2, 0) is 20.9 Å². The minimum atomic E-state index is -0.0792. The minimum absolute atomic E-state index is 0.0792. The number of carbonyl (C=O) groups is 2. The van der Waals surface area contributed by atoms with E-state index in [9.17, 15) is 9.59 Å². The zero-order valence-electron chi connectivity index (χ0n) is 13.2. The molecule has 1 aromatic heterocycles. The van der Waals surface area contributed by atoms with Crippen LogP contribution in [0.15, 0.2) is 18.3 Å². The molecule has 1 saturated heterocycles. The van der Waals surface area contributed by atoms with Gasteiger partial charge in [-0.3, -0.25) is 14.6 Å². The van der Waals surface area contributed by atoms with Crippen LogP contribution in [-0.4, -0.2) is 42.0 Å². The van der Waals surface area contributed by atoms with Crippen molar-refractivity contribution in [3.63, 3.8) is 0 Å². The van der Waals surface area contributed by atoms with Gasteiger partial charge in [0.05, 0.1) is 31.3 Å². The van der Waals surface area contributed by atoms with Crippen molar-refractivity contribution in [2.24, 2.45) is 0 Å². The molecule has 1 aliphatic rings. The summed E-state index contributed by atoms with van der Waals surface area (Å²) in [6.45, 7) is 3.13. The number of likely N-dealkylation sites (tertiary alicyclic amines) is 1. The highest BCUT2D eigenvalue weighted by Gasteiger charge is 2.29. The molecule has 0 spiro atoms. The van der Waals surface area contributed by atoms with Crippen LogP contribution in [0.3, 0.4) is 0 Å². The quantitative estimate of drug-likeness (QED) is 0.863. The molecule has 2 rings (SSSR count). The molecule has 1 aliphatic heterocycles. The van der Waals surface area contributed by atoms with Gasteiger partial charge >= 0.3 is 0 Å². The molecule has 1 N–H and O–H groups in total. The number of aromatic nitrogens is 1. The predicted octanol–water partition coefficient (Wildman–Crippen LogP) is 1.42. The summed E-state index contributed by atoms with van der Waals surface area (Å²) in [6, 6.07) is 4.02. The second-order valence-corrected chi connectivity index (χ2v) is 5.48. The molecule has 120 valence electrons. The van der Waals surface area contributed by atoms with E-state index in [1.807, 2.05) is 17.0 Å². The lowest BCUT2D eigenvalue weighted by molar-refractivity contribution is -0.133. The van der Waals surface area contributed by atoms with Gasteiger partial charge in [0.2, 0.25) is 11.8 Å². The van der Waals surface area contributed by atoms with Gasteiger partial charge in [0.25, 0.3) is 0 Å². The van der Waals surface area contributed by atoms with Gasteiger partial charge in [-0.05, 0) is 30.5 Å². The third-order valence-electron chi connectivity index (χ3n) is 3.84. The van der Waals surface area contributed by atoms with Crippen LogP contribution in [0.2, 0.25) is 0 Å². The molecule has 6 heteroatoms. The highest BCUT2D eigenvalue weighted by atomic mass is 16.5.